The molecule has 0 bridgehead atoms. The van der Waals surface area contributed by atoms with Gasteiger partial charge in [-0.05, 0) is 50.2 Å². The summed E-state index contributed by atoms with van der Waals surface area (Å²) < 4.78 is 5.75. The van der Waals surface area contributed by atoms with Gasteiger partial charge in [0.2, 0.25) is 0 Å². The van der Waals surface area contributed by atoms with E-state index in [1.54, 1.807) is 0 Å². The van der Waals surface area contributed by atoms with Crippen LogP contribution in [-0.4, -0.2) is 50.3 Å². The van der Waals surface area contributed by atoms with Crippen LogP contribution < -0.4 is 5.32 Å². The molecule has 0 radical (unpaired) electrons. The normalized spacial score (nSPS) is 22.3. The predicted molar refractivity (Wildman–Crippen MR) is 99.7 cm³/mol. The Morgan fingerprint density at radius 2 is 2.04 bits per heavy atom. The van der Waals surface area contributed by atoms with Gasteiger partial charge in [-0.15, -0.1) is 0 Å². The molecule has 0 spiro atoms. The zero-order valence-corrected chi connectivity index (χ0v) is 15.1. The quantitative estimate of drug-likeness (QED) is 0.681. The fourth-order valence-corrected chi connectivity index (χ4v) is 4.08. The van der Waals surface area contributed by atoms with Crippen molar-refractivity contribution in [2.24, 2.45) is 4.99 Å². The summed E-state index contributed by atoms with van der Waals surface area (Å²) in [6.07, 6.45) is 6.41. The van der Waals surface area contributed by atoms with Gasteiger partial charge in [-0.2, -0.15) is 0 Å². The lowest BCUT2D eigenvalue weighted by atomic mass is 9.83. The topological polar surface area (TPSA) is 36.9 Å². The van der Waals surface area contributed by atoms with E-state index in [2.05, 4.69) is 46.4 Å². The average molecular weight is 329 g/mol. The minimum absolute atomic E-state index is 0.426. The Morgan fingerprint density at radius 1 is 1.25 bits per heavy atom. The van der Waals surface area contributed by atoms with E-state index < -0.39 is 0 Å². The Bertz CT molecular complexity index is 550. The van der Waals surface area contributed by atoms with Gasteiger partial charge in [0.1, 0.15) is 0 Å². The van der Waals surface area contributed by atoms with Crippen LogP contribution in [0, 0.1) is 0 Å². The lowest BCUT2D eigenvalue weighted by molar-refractivity contribution is 0.0263. The van der Waals surface area contributed by atoms with Crippen LogP contribution in [0.2, 0.25) is 0 Å². The molecule has 1 aliphatic heterocycles. The molecule has 1 fully saturated rings. The highest BCUT2D eigenvalue weighted by atomic mass is 16.5. The zero-order chi connectivity index (χ0) is 16.8. The van der Waals surface area contributed by atoms with E-state index in [0.717, 1.165) is 45.0 Å². The average Bonchev–Trinajstić information content (AvgIpc) is 2.64. The number of ether oxygens (including phenoxy) is 1. The van der Waals surface area contributed by atoms with Crippen LogP contribution in [0.25, 0.3) is 0 Å². The molecule has 0 amide bonds. The van der Waals surface area contributed by atoms with Crippen LogP contribution in [0.3, 0.4) is 0 Å². The highest BCUT2D eigenvalue weighted by Gasteiger charge is 2.23. The monoisotopic (exact) mass is 329 g/mol. The molecule has 1 atom stereocenters. The first-order chi connectivity index (χ1) is 11.8. The highest BCUT2D eigenvalue weighted by molar-refractivity contribution is 5.80. The minimum atomic E-state index is 0.426. The number of hydrogen-bond donors (Lipinski definition) is 1. The number of piperidine rings is 1. The van der Waals surface area contributed by atoms with E-state index in [0.29, 0.717) is 12.0 Å². The summed E-state index contributed by atoms with van der Waals surface area (Å²) in [4.78, 5) is 6.89. The molecule has 4 heteroatoms. The largest absolute Gasteiger partial charge is 0.378 e. The molecule has 1 aromatic rings. The molecule has 2 aliphatic rings. The van der Waals surface area contributed by atoms with Crippen LogP contribution in [0.1, 0.15) is 49.7 Å². The lowest BCUT2D eigenvalue weighted by Gasteiger charge is -2.35. The third-order valence-electron chi connectivity index (χ3n) is 5.36. The lowest BCUT2D eigenvalue weighted by Crippen LogP contribution is -2.48. The summed E-state index contributed by atoms with van der Waals surface area (Å²) in [6.45, 7) is 5.94. The number of nitrogens with zero attached hydrogens (tertiary/aromatic N) is 2. The van der Waals surface area contributed by atoms with Crippen molar-refractivity contribution >= 4 is 5.96 Å². The van der Waals surface area contributed by atoms with Crippen molar-refractivity contribution in [2.75, 3.05) is 33.3 Å². The predicted octanol–water partition coefficient (Wildman–Crippen LogP) is 3.18. The molecule has 1 unspecified atom stereocenters. The van der Waals surface area contributed by atoms with Crippen molar-refractivity contribution in [3.05, 3.63) is 35.4 Å². The summed E-state index contributed by atoms with van der Waals surface area (Å²) in [7, 11) is 1.89. The number of aryl methyl sites for hydroxylation is 1. The number of aliphatic imine (C=N–C) groups is 1. The molecule has 1 saturated heterocycles. The maximum atomic E-state index is 5.75. The standard InChI is InChI=1S/C20H31N3O/c1-3-24-18-11-13-23(14-12-18)20(21-2)22-15-17-9-6-8-16-7-4-5-10-19(16)17/h4-5,7,10,17-18H,3,6,8-9,11-15H2,1-2H3,(H,21,22). The second-order valence-electron chi connectivity index (χ2n) is 6.86. The van der Waals surface area contributed by atoms with Crippen molar-refractivity contribution in [1.82, 2.24) is 10.2 Å². The number of guanidine groups is 1. The van der Waals surface area contributed by atoms with Gasteiger partial charge in [0.15, 0.2) is 5.96 Å². The summed E-state index contributed by atoms with van der Waals surface area (Å²) in [5.74, 6) is 1.65. The number of likely N-dealkylation sites (tertiary alicyclic amines) is 1. The van der Waals surface area contributed by atoms with Crippen molar-refractivity contribution in [3.63, 3.8) is 0 Å². The van der Waals surface area contributed by atoms with Gasteiger partial charge in [0.05, 0.1) is 6.10 Å². The second kappa shape index (κ2) is 8.52. The fourth-order valence-electron chi connectivity index (χ4n) is 4.08. The van der Waals surface area contributed by atoms with E-state index in [4.69, 9.17) is 4.74 Å². The summed E-state index contributed by atoms with van der Waals surface area (Å²) in [5, 5.41) is 3.63. The number of fused-ring (bicyclic) bond motifs is 1. The first-order valence-electron chi connectivity index (χ1n) is 9.46. The Labute approximate surface area is 146 Å². The van der Waals surface area contributed by atoms with Gasteiger partial charge in [0, 0.05) is 39.2 Å². The summed E-state index contributed by atoms with van der Waals surface area (Å²) in [6, 6.07) is 8.92. The molecule has 24 heavy (non-hydrogen) atoms. The Kier molecular flexibility index (Phi) is 6.13. The highest BCUT2D eigenvalue weighted by Crippen LogP contribution is 2.30. The molecule has 3 rings (SSSR count). The van der Waals surface area contributed by atoms with Crippen LogP contribution >= 0.6 is 0 Å². The van der Waals surface area contributed by atoms with E-state index in [9.17, 15) is 0 Å². The van der Waals surface area contributed by atoms with Crippen LogP contribution in [0.5, 0.6) is 0 Å². The second-order valence-corrected chi connectivity index (χ2v) is 6.86. The first-order valence-corrected chi connectivity index (χ1v) is 9.46. The van der Waals surface area contributed by atoms with Crippen LogP contribution in [0.15, 0.2) is 29.3 Å². The SMILES string of the molecule is CCOC1CCN(C(=NC)NCC2CCCc3ccccc32)CC1. The summed E-state index contributed by atoms with van der Waals surface area (Å²) >= 11 is 0. The maximum absolute atomic E-state index is 5.75. The molecular formula is C20H31N3O. The third kappa shape index (κ3) is 4.10. The first kappa shape index (κ1) is 17.3. The summed E-state index contributed by atoms with van der Waals surface area (Å²) in [5.41, 5.74) is 3.06. The van der Waals surface area contributed by atoms with Gasteiger partial charge in [0.25, 0.3) is 0 Å². The van der Waals surface area contributed by atoms with Gasteiger partial charge >= 0.3 is 0 Å². The smallest absolute Gasteiger partial charge is 0.193 e. The molecule has 1 N–H and O–H groups in total. The zero-order valence-electron chi connectivity index (χ0n) is 15.1. The molecular weight excluding hydrogens is 298 g/mol. The van der Waals surface area contributed by atoms with Gasteiger partial charge < -0.3 is 15.0 Å². The van der Waals surface area contributed by atoms with Crippen LogP contribution in [0.4, 0.5) is 0 Å². The van der Waals surface area contributed by atoms with E-state index >= 15 is 0 Å². The minimum Gasteiger partial charge on any atom is -0.378 e. The van der Waals surface area contributed by atoms with Crippen LogP contribution in [-0.2, 0) is 11.2 Å². The van der Waals surface area contributed by atoms with E-state index in [1.807, 2.05) is 7.05 Å². The Balaban J connectivity index is 1.54. The molecule has 1 aromatic carbocycles. The fraction of sp³-hybridized carbons (Fsp3) is 0.650. The van der Waals surface area contributed by atoms with Gasteiger partial charge in [-0.3, -0.25) is 4.99 Å². The molecule has 4 nitrogen and oxygen atoms in total. The van der Waals surface area contributed by atoms with Crippen molar-refractivity contribution in [2.45, 2.75) is 51.0 Å². The van der Waals surface area contributed by atoms with E-state index in [-0.39, 0.29) is 0 Å². The molecule has 0 saturated carbocycles. The molecule has 132 valence electrons. The number of nitrogens with one attached hydrogen (secondary N) is 1. The number of rotatable bonds is 4. The van der Waals surface area contributed by atoms with Gasteiger partial charge in [-0.1, -0.05) is 24.3 Å². The molecule has 1 aliphatic carbocycles. The van der Waals surface area contributed by atoms with Crippen molar-refractivity contribution in [1.29, 1.82) is 0 Å². The molecule has 1 heterocycles. The van der Waals surface area contributed by atoms with Gasteiger partial charge in [-0.25, -0.2) is 0 Å². The Hall–Kier alpha value is -1.55. The van der Waals surface area contributed by atoms with Crippen molar-refractivity contribution < 1.29 is 4.74 Å². The Morgan fingerprint density at radius 3 is 2.79 bits per heavy atom. The number of hydrogen-bond acceptors (Lipinski definition) is 2. The van der Waals surface area contributed by atoms with Crippen molar-refractivity contribution in [3.8, 4) is 0 Å². The number of benzene rings is 1. The third-order valence-corrected chi connectivity index (χ3v) is 5.36. The van der Waals surface area contributed by atoms with E-state index in [1.165, 1.54) is 30.4 Å². The molecule has 0 aromatic heterocycles. The maximum Gasteiger partial charge on any atom is 0.193 e.